The molecule has 6 heteroatoms. The van der Waals surface area contributed by atoms with Crippen LogP contribution in [0.25, 0.3) is 0 Å². The second-order valence-corrected chi connectivity index (χ2v) is 8.04. The number of nitrogens with two attached hydrogens (primary N) is 1. The van der Waals surface area contributed by atoms with Crippen LogP contribution in [0.5, 0.6) is 0 Å². The van der Waals surface area contributed by atoms with Crippen molar-refractivity contribution in [3.8, 4) is 0 Å². The van der Waals surface area contributed by atoms with Crippen LogP contribution in [-0.2, 0) is 15.8 Å². The molecule has 0 aliphatic heterocycles. The van der Waals surface area contributed by atoms with E-state index >= 15 is 0 Å². The van der Waals surface area contributed by atoms with Crippen molar-refractivity contribution in [1.29, 1.82) is 0 Å². The molecule has 1 fully saturated rings. The Bertz CT molecular complexity index is 620. The predicted molar refractivity (Wildman–Crippen MR) is 84.9 cm³/mol. The molecule has 3 N–H and O–H groups in total. The highest BCUT2D eigenvalue weighted by Crippen LogP contribution is 2.39. The van der Waals surface area contributed by atoms with E-state index in [0.717, 1.165) is 12.8 Å². The predicted octanol–water partition coefficient (Wildman–Crippen LogP) is 1.93. The highest BCUT2D eigenvalue weighted by atomic mass is 32.2. The molecule has 4 nitrogen and oxygen atoms in total. The summed E-state index contributed by atoms with van der Waals surface area (Å²) in [6, 6.07) is 7.09. The first-order valence-corrected chi connectivity index (χ1v) is 8.67. The minimum atomic E-state index is -3.42. The van der Waals surface area contributed by atoms with Crippen molar-refractivity contribution in [1.82, 2.24) is 4.72 Å². The fourth-order valence-corrected chi connectivity index (χ4v) is 4.32. The molecule has 0 radical (unpaired) electrons. The SMILES string of the molecule is CC(C)(NS(=O)(=O)Cc1ccccc1C(N)=S)C1CC1. The molecule has 20 heavy (non-hydrogen) atoms. The Hall–Kier alpha value is -0.980. The van der Waals surface area contributed by atoms with Crippen LogP contribution in [0.3, 0.4) is 0 Å². The minimum absolute atomic E-state index is 0.101. The van der Waals surface area contributed by atoms with Gasteiger partial charge in [0.05, 0.1) is 5.75 Å². The molecule has 0 atom stereocenters. The highest BCUT2D eigenvalue weighted by molar-refractivity contribution is 7.88. The summed E-state index contributed by atoms with van der Waals surface area (Å²) in [6.45, 7) is 3.86. The molecule has 1 aliphatic carbocycles. The number of hydrogen-bond donors (Lipinski definition) is 2. The third kappa shape index (κ3) is 3.77. The molecule has 1 aromatic rings. The largest absolute Gasteiger partial charge is 0.389 e. The van der Waals surface area contributed by atoms with Crippen molar-refractivity contribution in [2.45, 2.75) is 38.0 Å². The van der Waals surface area contributed by atoms with Gasteiger partial charge in [0, 0.05) is 11.1 Å². The Labute approximate surface area is 125 Å². The standard InChI is InChI=1S/C14H20N2O2S2/c1-14(2,11-7-8-11)16-20(17,18)9-10-5-3-4-6-12(10)13(15)19/h3-6,11,16H,7-9H2,1-2H3,(H2,15,19). The van der Waals surface area contributed by atoms with Gasteiger partial charge in [-0.05, 0) is 38.2 Å². The van der Waals surface area contributed by atoms with Crippen LogP contribution in [0.4, 0.5) is 0 Å². The molecule has 1 saturated carbocycles. The maximum atomic E-state index is 12.3. The third-order valence-electron chi connectivity index (χ3n) is 3.64. The molecule has 2 rings (SSSR count). The Kier molecular flexibility index (Phi) is 4.18. The zero-order chi connectivity index (χ0) is 15.0. The van der Waals surface area contributed by atoms with Crippen LogP contribution in [0.1, 0.15) is 37.8 Å². The molecule has 110 valence electrons. The van der Waals surface area contributed by atoms with Gasteiger partial charge in [-0.25, -0.2) is 13.1 Å². The normalized spacial score (nSPS) is 16.1. The quantitative estimate of drug-likeness (QED) is 0.787. The molecule has 0 amide bonds. The van der Waals surface area contributed by atoms with E-state index in [1.54, 1.807) is 24.3 Å². The zero-order valence-corrected chi connectivity index (χ0v) is 13.4. The van der Waals surface area contributed by atoms with Gasteiger partial charge >= 0.3 is 0 Å². The lowest BCUT2D eigenvalue weighted by Crippen LogP contribution is -2.45. The monoisotopic (exact) mass is 312 g/mol. The van der Waals surface area contributed by atoms with Crippen LogP contribution in [0.15, 0.2) is 24.3 Å². The summed E-state index contributed by atoms with van der Waals surface area (Å²) in [4.78, 5) is 0.220. The molecular formula is C14H20N2O2S2. The number of sulfonamides is 1. The minimum Gasteiger partial charge on any atom is -0.389 e. The van der Waals surface area contributed by atoms with Crippen molar-refractivity contribution in [2.24, 2.45) is 11.7 Å². The van der Waals surface area contributed by atoms with E-state index in [-0.39, 0.29) is 10.7 Å². The average molecular weight is 312 g/mol. The van der Waals surface area contributed by atoms with Crippen LogP contribution < -0.4 is 10.5 Å². The maximum absolute atomic E-state index is 12.3. The van der Waals surface area contributed by atoms with Crippen LogP contribution >= 0.6 is 12.2 Å². The molecule has 0 bridgehead atoms. The van der Waals surface area contributed by atoms with Crippen molar-refractivity contribution in [2.75, 3.05) is 0 Å². The van der Waals surface area contributed by atoms with E-state index in [2.05, 4.69) is 4.72 Å². The fraction of sp³-hybridized carbons (Fsp3) is 0.500. The molecule has 0 spiro atoms. The Morgan fingerprint density at radius 3 is 2.55 bits per heavy atom. The van der Waals surface area contributed by atoms with E-state index < -0.39 is 15.6 Å². The molecule has 1 aromatic carbocycles. The van der Waals surface area contributed by atoms with Gasteiger partial charge in [0.15, 0.2) is 0 Å². The number of rotatable bonds is 6. The van der Waals surface area contributed by atoms with Crippen LogP contribution in [0.2, 0.25) is 0 Å². The molecule has 1 aliphatic rings. The highest BCUT2D eigenvalue weighted by Gasteiger charge is 2.40. The van der Waals surface area contributed by atoms with Gasteiger partial charge in [-0.3, -0.25) is 0 Å². The smallest absolute Gasteiger partial charge is 0.216 e. The van der Waals surface area contributed by atoms with Gasteiger partial charge in [0.25, 0.3) is 0 Å². The van der Waals surface area contributed by atoms with Crippen LogP contribution in [-0.4, -0.2) is 18.9 Å². The summed E-state index contributed by atoms with van der Waals surface area (Å²) < 4.78 is 27.5. The van der Waals surface area contributed by atoms with Gasteiger partial charge in [-0.15, -0.1) is 0 Å². The molecule has 0 heterocycles. The van der Waals surface area contributed by atoms with Gasteiger partial charge < -0.3 is 5.73 Å². The van der Waals surface area contributed by atoms with E-state index in [0.29, 0.717) is 17.0 Å². The molecule has 0 saturated heterocycles. The molecule has 0 aromatic heterocycles. The van der Waals surface area contributed by atoms with E-state index in [1.807, 2.05) is 13.8 Å². The second kappa shape index (κ2) is 5.42. The fourth-order valence-electron chi connectivity index (χ4n) is 2.42. The number of hydrogen-bond acceptors (Lipinski definition) is 3. The number of thiocarbonyl (C=S) groups is 1. The third-order valence-corrected chi connectivity index (χ3v) is 5.39. The van der Waals surface area contributed by atoms with Crippen LogP contribution in [0, 0.1) is 5.92 Å². The summed E-state index contributed by atoms with van der Waals surface area (Å²) in [5.41, 5.74) is 6.50. The first-order valence-electron chi connectivity index (χ1n) is 6.61. The lowest BCUT2D eigenvalue weighted by molar-refractivity contribution is 0.400. The van der Waals surface area contributed by atoms with Crippen molar-refractivity contribution in [3.05, 3.63) is 35.4 Å². The first-order chi connectivity index (χ1) is 9.21. The van der Waals surface area contributed by atoms with Crippen molar-refractivity contribution >= 4 is 27.2 Å². The summed E-state index contributed by atoms with van der Waals surface area (Å²) in [6.07, 6.45) is 2.16. The topological polar surface area (TPSA) is 72.2 Å². The van der Waals surface area contributed by atoms with E-state index in [4.69, 9.17) is 18.0 Å². The van der Waals surface area contributed by atoms with Crippen molar-refractivity contribution in [3.63, 3.8) is 0 Å². The summed E-state index contributed by atoms with van der Waals surface area (Å²) >= 11 is 4.96. The maximum Gasteiger partial charge on any atom is 0.216 e. The first kappa shape index (κ1) is 15.4. The Morgan fingerprint density at radius 1 is 1.40 bits per heavy atom. The van der Waals surface area contributed by atoms with E-state index in [1.165, 1.54) is 0 Å². The van der Waals surface area contributed by atoms with E-state index in [9.17, 15) is 8.42 Å². The summed E-state index contributed by atoms with van der Waals surface area (Å²) in [5.74, 6) is 0.333. The van der Waals surface area contributed by atoms with Gasteiger partial charge in [-0.1, -0.05) is 36.5 Å². The number of benzene rings is 1. The summed E-state index contributed by atoms with van der Waals surface area (Å²) in [5, 5.41) is 0. The van der Waals surface area contributed by atoms with Gasteiger partial charge in [0.2, 0.25) is 10.0 Å². The zero-order valence-electron chi connectivity index (χ0n) is 11.7. The lowest BCUT2D eigenvalue weighted by Gasteiger charge is -2.26. The van der Waals surface area contributed by atoms with Gasteiger partial charge in [-0.2, -0.15) is 0 Å². The second-order valence-electron chi connectivity index (χ2n) is 5.88. The Morgan fingerprint density at radius 2 is 2.00 bits per heavy atom. The molecule has 0 unspecified atom stereocenters. The average Bonchev–Trinajstić information content (AvgIpc) is 3.10. The van der Waals surface area contributed by atoms with Crippen molar-refractivity contribution < 1.29 is 8.42 Å². The summed E-state index contributed by atoms with van der Waals surface area (Å²) in [7, 11) is -3.42. The van der Waals surface area contributed by atoms with Gasteiger partial charge in [0.1, 0.15) is 4.99 Å². The Balaban J connectivity index is 2.18. The molecular weight excluding hydrogens is 292 g/mol. The lowest BCUT2D eigenvalue weighted by atomic mass is 10.0. The number of nitrogens with one attached hydrogen (secondary N) is 1.